The predicted octanol–water partition coefficient (Wildman–Crippen LogP) is 1.58. The number of nitrogens with one attached hydrogen (secondary N) is 1. The van der Waals surface area contributed by atoms with E-state index in [2.05, 4.69) is 24.2 Å². The monoisotopic (exact) mass is 251 g/mol. The van der Waals surface area contributed by atoms with Gasteiger partial charge in [-0.25, -0.2) is 0 Å². The van der Waals surface area contributed by atoms with E-state index in [1.165, 1.54) is 45.1 Å². The van der Waals surface area contributed by atoms with E-state index in [1.54, 1.807) is 0 Å². The Morgan fingerprint density at radius 1 is 1.22 bits per heavy atom. The fraction of sp³-hybridized carbons (Fsp3) is 1.00. The molecule has 2 heterocycles. The molecule has 0 aromatic carbocycles. The zero-order valence-electron chi connectivity index (χ0n) is 12.0. The Morgan fingerprint density at radius 2 is 1.83 bits per heavy atom. The highest BCUT2D eigenvalue weighted by molar-refractivity contribution is 5.05. The van der Waals surface area contributed by atoms with Crippen molar-refractivity contribution in [3.63, 3.8) is 0 Å². The summed E-state index contributed by atoms with van der Waals surface area (Å²) in [5, 5.41) is 3.88. The zero-order chi connectivity index (χ0) is 12.8. The molecule has 2 bridgehead atoms. The molecule has 3 aliphatic rings. The third-order valence-electron chi connectivity index (χ3n) is 5.85. The van der Waals surface area contributed by atoms with Gasteiger partial charge in [-0.1, -0.05) is 6.92 Å². The van der Waals surface area contributed by atoms with Crippen LogP contribution in [0.5, 0.6) is 0 Å². The zero-order valence-corrected chi connectivity index (χ0v) is 12.0. The van der Waals surface area contributed by atoms with Crippen molar-refractivity contribution >= 4 is 0 Å². The highest BCUT2D eigenvalue weighted by atomic mass is 15.2. The van der Waals surface area contributed by atoms with Crippen LogP contribution >= 0.6 is 0 Å². The SMILES string of the molecule is CC(CNC1(CN)CC2CCC(C1)N2C)C1CC1. The first kappa shape index (κ1) is 12.9. The quantitative estimate of drug-likeness (QED) is 0.779. The van der Waals surface area contributed by atoms with Crippen LogP contribution in [0.1, 0.15) is 45.4 Å². The molecule has 3 atom stereocenters. The molecule has 3 nitrogen and oxygen atoms in total. The maximum atomic E-state index is 6.13. The van der Waals surface area contributed by atoms with Crippen molar-refractivity contribution in [3.05, 3.63) is 0 Å². The van der Waals surface area contributed by atoms with Crippen molar-refractivity contribution in [2.24, 2.45) is 17.6 Å². The molecule has 0 aromatic heterocycles. The Hall–Kier alpha value is -0.120. The maximum Gasteiger partial charge on any atom is 0.0333 e. The van der Waals surface area contributed by atoms with Gasteiger partial charge < -0.3 is 16.0 Å². The van der Waals surface area contributed by atoms with Gasteiger partial charge in [0.25, 0.3) is 0 Å². The molecule has 3 rings (SSSR count). The summed E-state index contributed by atoms with van der Waals surface area (Å²) in [6, 6.07) is 1.55. The molecule has 0 amide bonds. The van der Waals surface area contributed by atoms with Crippen LogP contribution < -0.4 is 11.1 Å². The van der Waals surface area contributed by atoms with Crippen LogP contribution in [-0.4, -0.2) is 42.7 Å². The first-order valence-electron chi connectivity index (χ1n) is 7.80. The minimum atomic E-state index is 0.238. The van der Waals surface area contributed by atoms with Gasteiger partial charge in [0.05, 0.1) is 0 Å². The third kappa shape index (κ3) is 2.33. The van der Waals surface area contributed by atoms with E-state index in [0.29, 0.717) is 0 Å². The molecule has 2 aliphatic heterocycles. The number of rotatable bonds is 5. The molecule has 0 radical (unpaired) electrons. The Bertz CT molecular complexity index is 286. The molecule has 0 aromatic rings. The summed E-state index contributed by atoms with van der Waals surface area (Å²) in [4.78, 5) is 2.60. The molecule has 3 heteroatoms. The van der Waals surface area contributed by atoms with Crippen LogP contribution in [0, 0.1) is 11.8 Å². The van der Waals surface area contributed by atoms with E-state index in [-0.39, 0.29) is 5.54 Å². The van der Waals surface area contributed by atoms with Gasteiger partial charge in [0, 0.05) is 24.2 Å². The molecule has 18 heavy (non-hydrogen) atoms. The lowest BCUT2D eigenvalue weighted by Crippen LogP contribution is -2.61. The first-order valence-corrected chi connectivity index (χ1v) is 7.80. The number of hydrogen-bond acceptors (Lipinski definition) is 3. The smallest absolute Gasteiger partial charge is 0.0333 e. The summed E-state index contributed by atoms with van der Waals surface area (Å²) in [6.45, 7) is 4.38. The van der Waals surface area contributed by atoms with Gasteiger partial charge >= 0.3 is 0 Å². The van der Waals surface area contributed by atoms with Gasteiger partial charge in [0.1, 0.15) is 0 Å². The number of nitrogens with two attached hydrogens (primary N) is 1. The van der Waals surface area contributed by atoms with Gasteiger partial charge in [-0.05, 0) is 64.0 Å². The molecule has 104 valence electrons. The Kier molecular flexibility index (Phi) is 3.41. The van der Waals surface area contributed by atoms with Crippen molar-refractivity contribution < 1.29 is 0 Å². The first-order chi connectivity index (χ1) is 8.63. The highest BCUT2D eigenvalue weighted by Gasteiger charge is 2.46. The molecule has 3 unspecified atom stereocenters. The number of hydrogen-bond donors (Lipinski definition) is 2. The lowest BCUT2D eigenvalue weighted by Gasteiger charge is -2.46. The average Bonchev–Trinajstić information content (AvgIpc) is 3.18. The predicted molar refractivity (Wildman–Crippen MR) is 75.5 cm³/mol. The standard InChI is InChI=1S/C15H29N3/c1-11(12-3-4-12)9-17-15(10-16)7-13-5-6-14(8-15)18(13)2/h11-14,17H,3-10,16H2,1-2H3. The van der Waals surface area contributed by atoms with Crippen molar-refractivity contribution in [2.45, 2.75) is 63.1 Å². The second kappa shape index (κ2) is 4.77. The topological polar surface area (TPSA) is 41.3 Å². The molecule has 0 spiro atoms. The van der Waals surface area contributed by atoms with E-state index in [9.17, 15) is 0 Å². The highest BCUT2D eigenvalue weighted by Crippen LogP contribution is 2.40. The van der Waals surface area contributed by atoms with Gasteiger partial charge in [0.2, 0.25) is 0 Å². The van der Waals surface area contributed by atoms with E-state index in [4.69, 9.17) is 5.73 Å². The molecular weight excluding hydrogens is 222 g/mol. The minimum Gasteiger partial charge on any atom is -0.329 e. The fourth-order valence-electron chi connectivity index (χ4n) is 4.16. The lowest BCUT2D eigenvalue weighted by molar-refractivity contribution is 0.0913. The molecular formula is C15H29N3. The summed E-state index contributed by atoms with van der Waals surface area (Å²) in [6.07, 6.45) is 8.17. The minimum absolute atomic E-state index is 0.238. The van der Waals surface area contributed by atoms with Crippen molar-refractivity contribution in [1.29, 1.82) is 0 Å². The average molecular weight is 251 g/mol. The molecule has 3 N–H and O–H groups in total. The summed E-state index contributed by atoms with van der Waals surface area (Å²) < 4.78 is 0. The molecule has 1 saturated carbocycles. The summed E-state index contributed by atoms with van der Waals surface area (Å²) in [5.41, 5.74) is 6.37. The van der Waals surface area contributed by atoms with E-state index >= 15 is 0 Å². The number of piperidine rings is 1. The Morgan fingerprint density at radius 3 is 2.33 bits per heavy atom. The second-order valence-corrected chi connectivity index (χ2v) is 7.14. The van der Waals surface area contributed by atoms with Crippen LogP contribution in [0.3, 0.4) is 0 Å². The fourth-order valence-corrected chi connectivity index (χ4v) is 4.16. The second-order valence-electron chi connectivity index (χ2n) is 7.14. The van der Waals surface area contributed by atoms with E-state index < -0.39 is 0 Å². The van der Waals surface area contributed by atoms with Crippen LogP contribution in [0.4, 0.5) is 0 Å². The van der Waals surface area contributed by atoms with Gasteiger partial charge in [-0.2, -0.15) is 0 Å². The third-order valence-corrected chi connectivity index (χ3v) is 5.85. The maximum absolute atomic E-state index is 6.13. The summed E-state index contributed by atoms with van der Waals surface area (Å²) >= 11 is 0. The Balaban J connectivity index is 1.60. The summed E-state index contributed by atoms with van der Waals surface area (Å²) in [5.74, 6) is 1.83. The van der Waals surface area contributed by atoms with Gasteiger partial charge in [0.15, 0.2) is 0 Å². The number of fused-ring (bicyclic) bond motifs is 2. The molecule has 1 aliphatic carbocycles. The van der Waals surface area contributed by atoms with E-state index in [0.717, 1.165) is 30.5 Å². The molecule has 2 saturated heterocycles. The van der Waals surface area contributed by atoms with Crippen molar-refractivity contribution in [3.8, 4) is 0 Å². The van der Waals surface area contributed by atoms with Crippen LogP contribution in [0.15, 0.2) is 0 Å². The largest absolute Gasteiger partial charge is 0.329 e. The lowest BCUT2D eigenvalue weighted by atomic mass is 9.82. The van der Waals surface area contributed by atoms with Crippen LogP contribution in [0.25, 0.3) is 0 Å². The van der Waals surface area contributed by atoms with Gasteiger partial charge in [-0.3, -0.25) is 0 Å². The van der Waals surface area contributed by atoms with E-state index in [1.807, 2.05) is 0 Å². The van der Waals surface area contributed by atoms with Crippen LogP contribution in [0.2, 0.25) is 0 Å². The normalized spacial score (nSPS) is 42.2. The molecule has 3 fully saturated rings. The summed E-state index contributed by atoms with van der Waals surface area (Å²) in [7, 11) is 2.30. The van der Waals surface area contributed by atoms with Gasteiger partial charge in [-0.15, -0.1) is 0 Å². The van der Waals surface area contributed by atoms with Crippen LogP contribution in [-0.2, 0) is 0 Å². The van der Waals surface area contributed by atoms with Crippen molar-refractivity contribution in [1.82, 2.24) is 10.2 Å². The van der Waals surface area contributed by atoms with Crippen molar-refractivity contribution in [2.75, 3.05) is 20.1 Å². The Labute approximate surface area is 111 Å². The number of nitrogens with zero attached hydrogens (tertiary/aromatic N) is 1.